The van der Waals surface area contributed by atoms with E-state index in [0.717, 1.165) is 0 Å². The van der Waals surface area contributed by atoms with Gasteiger partial charge in [-0.15, -0.1) is 0 Å². The van der Waals surface area contributed by atoms with Crippen molar-refractivity contribution >= 4 is 0 Å². The van der Waals surface area contributed by atoms with Crippen LogP contribution in [0.1, 0.15) is 140 Å². The van der Waals surface area contributed by atoms with Gasteiger partial charge in [-0.2, -0.15) is 0 Å². The predicted molar refractivity (Wildman–Crippen MR) is 144 cm³/mol. The zero-order valence-corrected chi connectivity index (χ0v) is 22.9. The molecule has 0 heteroatoms. The van der Waals surface area contributed by atoms with Crippen molar-refractivity contribution in [2.45, 2.75) is 130 Å². The Labute approximate surface area is 200 Å². The van der Waals surface area contributed by atoms with Crippen LogP contribution in [0, 0.1) is 0 Å². The Morgan fingerprint density at radius 3 is 1.22 bits per heavy atom. The van der Waals surface area contributed by atoms with Crippen molar-refractivity contribution in [1.29, 1.82) is 0 Å². The Balaban J connectivity index is 2.07. The summed E-state index contributed by atoms with van der Waals surface area (Å²) < 4.78 is 0. The largest absolute Gasteiger partial charge is 0.0648 e. The van der Waals surface area contributed by atoms with Gasteiger partial charge in [-0.05, 0) is 94.6 Å². The molecule has 0 N–H and O–H groups in total. The summed E-state index contributed by atoms with van der Waals surface area (Å²) >= 11 is 0. The van der Waals surface area contributed by atoms with Gasteiger partial charge in [0.25, 0.3) is 0 Å². The minimum absolute atomic E-state index is 0.212. The first-order valence-corrected chi connectivity index (χ1v) is 13.1. The van der Waals surface area contributed by atoms with E-state index in [1.54, 1.807) is 11.1 Å². The van der Waals surface area contributed by atoms with Crippen LogP contribution in [0.5, 0.6) is 0 Å². The zero-order valence-electron chi connectivity index (χ0n) is 22.9. The third kappa shape index (κ3) is 6.97. The number of aryl methyl sites for hydroxylation is 2. The van der Waals surface area contributed by atoms with Gasteiger partial charge in [0, 0.05) is 0 Å². The molecule has 0 fully saturated rings. The lowest BCUT2D eigenvalue weighted by Crippen LogP contribution is -2.16. The highest BCUT2D eigenvalue weighted by Crippen LogP contribution is 2.34. The SMILES string of the molecule is CCC(C)c1cc(CCCCc2ccc(C(C)(C)C)c(C(C)CC)c2)ccc1C(C)(C)C. The first kappa shape index (κ1) is 26.7. The van der Waals surface area contributed by atoms with Crippen molar-refractivity contribution in [3.05, 3.63) is 69.8 Å². The van der Waals surface area contributed by atoms with E-state index in [9.17, 15) is 0 Å². The minimum atomic E-state index is 0.212. The van der Waals surface area contributed by atoms with Gasteiger partial charge in [0.15, 0.2) is 0 Å². The molecule has 0 aliphatic rings. The zero-order chi connectivity index (χ0) is 24.1. The van der Waals surface area contributed by atoms with E-state index in [2.05, 4.69) is 106 Å². The molecule has 2 aromatic carbocycles. The van der Waals surface area contributed by atoms with Gasteiger partial charge in [0.1, 0.15) is 0 Å². The van der Waals surface area contributed by atoms with Crippen molar-refractivity contribution in [2.24, 2.45) is 0 Å². The van der Waals surface area contributed by atoms with Crippen LogP contribution in [-0.4, -0.2) is 0 Å². The molecule has 0 radical (unpaired) electrons. The second-order valence-corrected chi connectivity index (χ2v) is 12.2. The van der Waals surface area contributed by atoms with Crippen molar-refractivity contribution in [3.8, 4) is 0 Å². The van der Waals surface area contributed by atoms with Gasteiger partial charge in [-0.1, -0.05) is 106 Å². The van der Waals surface area contributed by atoms with Crippen molar-refractivity contribution in [3.63, 3.8) is 0 Å². The minimum Gasteiger partial charge on any atom is -0.0648 e. The van der Waals surface area contributed by atoms with E-state index in [4.69, 9.17) is 0 Å². The molecule has 0 aliphatic heterocycles. The standard InChI is InChI=1S/C32H50/c1-11-23(3)27-21-25(17-19-29(27)31(5,6)7)15-13-14-16-26-18-20-30(32(8,9)10)28(22-26)24(4)12-2/h17-24H,11-16H2,1-10H3. The molecule has 0 saturated heterocycles. The Hall–Kier alpha value is -1.56. The van der Waals surface area contributed by atoms with Crippen LogP contribution in [0.15, 0.2) is 36.4 Å². The van der Waals surface area contributed by atoms with Gasteiger partial charge >= 0.3 is 0 Å². The van der Waals surface area contributed by atoms with Crippen molar-refractivity contribution in [2.75, 3.05) is 0 Å². The Kier molecular flexibility index (Phi) is 9.21. The molecule has 2 atom stereocenters. The average Bonchev–Trinajstić information content (AvgIpc) is 2.73. The number of unbranched alkanes of at least 4 members (excludes halogenated alkanes) is 1. The summed E-state index contributed by atoms with van der Waals surface area (Å²) in [4.78, 5) is 0. The van der Waals surface area contributed by atoms with Crippen LogP contribution in [0.25, 0.3) is 0 Å². The van der Waals surface area contributed by atoms with Gasteiger partial charge < -0.3 is 0 Å². The highest BCUT2D eigenvalue weighted by Gasteiger charge is 2.21. The van der Waals surface area contributed by atoms with Crippen LogP contribution in [0.4, 0.5) is 0 Å². The summed E-state index contributed by atoms with van der Waals surface area (Å²) in [6.07, 6.45) is 7.30. The molecule has 178 valence electrons. The lowest BCUT2D eigenvalue weighted by atomic mass is 9.78. The van der Waals surface area contributed by atoms with Gasteiger partial charge in [-0.3, -0.25) is 0 Å². The van der Waals surface area contributed by atoms with Gasteiger partial charge in [-0.25, -0.2) is 0 Å². The lowest BCUT2D eigenvalue weighted by Gasteiger charge is -2.26. The number of benzene rings is 2. The number of hydrogen-bond donors (Lipinski definition) is 0. The summed E-state index contributed by atoms with van der Waals surface area (Å²) in [5, 5.41) is 0. The monoisotopic (exact) mass is 434 g/mol. The van der Waals surface area contributed by atoms with Crippen LogP contribution in [-0.2, 0) is 23.7 Å². The van der Waals surface area contributed by atoms with Crippen LogP contribution in [0.3, 0.4) is 0 Å². The summed E-state index contributed by atoms with van der Waals surface area (Å²) in [6, 6.07) is 14.6. The maximum Gasteiger partial charge on any atom is -0.0129 e. The molecule has 0 aromatic heterocycles. The molecule has 0 heterocycles. The first-order valence-electron chi connectivity index (χ1n) is 13.1. The van der Waals surface area contributed by atoms with Crippen LogP contribution >= 0.6 is 0 Å². The maximum atomic E-state index is 2.51. The molecule has 32 heavy (non-hydrogen) atoms. The summed E-state index contributed by atoms with van der Waals surface area (Å²) in [5.74, 6) is 1.26. The van der Waals surface area contributed by atoms with E-state index in [-0.39, 0.29) is 10.8 Å². The predicted octanol–water partition coefficient (Wildman–Crippen LogP) is 9.87. The van der Waals surface area contributed by atoms with E-state index in [1.165, 1.54) is 60.8 Å². The normalized spacial score (nSPS) is 14.4. The van der Waals surface area contributed by atoms with Gasteiger partial charge in [0.05, 0.1) is 0 Å². The van der Waals surface area contributed by atoms with E-state index >= 15 is 0 Å². The third-order valence-electron chi connectivity index (χ3n) is 7.32. The summed E-state index contributed by atoms with van der Waals surface area (Å²) in [6.45, 7) is 23.4. The fourth-order valence-electron chi connectivity index (χ4n) is 4.81. The molecule has 2 rings (SSSR count). The average molecular weight is 435 g/mol. The maximum absolute atomic E-state index is 2.51. The fourth-order valence-corrected chi connectivity index (χ4v) is 4.81. The van der Waals surface area contributed by atoms with E-state index < -0.39 is 0 Å². The topological polar surface area (TPSA) is 0 Å². The smallest absolute Gasteiger partial charge is 0.0129 e. The van der Waals surface area contributed by atoms with Crippen molar-refractivity contribution < 1.29 is 0 Å². The molecule has 2 unspecified atom stereocenters. The Bertz CT molecular complexity index is 783. The summed E-state index contributed by atoms with van der Waals surface area (Å²) in [7, 11) is 0. The quantitative estimate of drug-likeness (QED) is 0.344. The molecule has 0 saturated carbocycles. The highest BCUT2D eigenvalue weighted by molar-refractivity contribution is 5.40. The molecule has 0 bridgehead atoms. The number of rotatable bonds is 9. The Morgan fingerprint density at radius 2 is 0.938 bits per heavy atom. The molecular weight excluding hydrogens is 384 g/mol. The molecule has 0 amide bonds. The number of hydrogen-bond acceptors (Lipinski definition) is 0. The van der Waals surface area contributed by atoms with Crippen LogP contribution < -0.4 is 0 Å². The van der Waals surface area contributed by atoms with Crippen LogP contribution in [0.2, 0.25) is 0 Å². The molecule has 0 nitrogen and oxygen atoms in total. The lowest BCUT2D eigenvalue weighted by molar-refractivity contribution is 0.569. The molecule has 0 aliphatic carbocycles. The second kappa shape index (κ2) is 11.0. The highest BCUT2D eigenvalue weighted by atomic mass is 14.3. The van der Waals surface area contributed by atoms with Gasteiger partial charge in [0.2, 0.25) is 0 Å². The van der Waals surface area contributed by atoms with E-state index in [1.807, 2.05) is 0 Å². The molecule has 0 spiro atoms. The fraction of sp³-hybridized carbons (Fsp3) is 0.625. The van der Waals surface area contributed by atoms with Crippen molar-refractivity contribution in [1.82, 2.24) is 0 Å². The second-order valence-electron chi connectivity index (χ2n) is 12.2. The Morgan fingerprint density at radius 1 is 0.594 bits per heavy atom. The third-order valence-corrected chi connectivity index (χ3v) is 7.32. The van der Waals surface area contributed by atoms with E-state index in [0.29, 0.717) is 11.8 Å². The summed E-state index contributed by atoms with van der Waals surface area (Å²) in [5.41, 5.74) is 9.61. The first-order chi connectivity index (χ1) is 14.9. The molecular formula is C32H50. The molecule has 2 aromatic rings.